The number of aryl methyl sites for hydroxylation is 1. The molecule has 1 fully saturated rings. The first-order chi connectivity index (χ1) is 11.3. The number of furan rings is 1. The number of aliphatic hydroxyl groups excluding tert-OH is 1. The highest BCUT2D eigenvalue weighted by atomic mass is 16.5. The van der Waals surface area contributed by atoms with Gasteiger partial charge in [0, 0.05) is 11.5 Å². The molecule has 24 heavy (non-hydrogen) atoms. The number of hydrogen-bond acceptors (Lipinski definition) is 4. The molecule has 0 saturated heterocycles. The summed E-state index contributed by atoms with van der Waals surface area (Å²) in [4.78, 5) is 12.1. The third-order valence-corrected chi connectivity index (χ3v) is 6.48. The highest BCUT2D eigenvalue weighted by Gasteiger charge is 2.53. The van der Waals surface area contributed by atoms with E-state index in [1.807, 2.05) is 13.8 Å². The molecule has 4 nitrogen and oxygen atoms in total. The molecule has 5 unspecified atom stereocenters. The van der Waals surface area contributed by atoms with Crippen LogP contribution in [-0.2, 0) is 16.0 Å². The highest BCUT2D eigenvalue weighted by Crippen LogP contribution is 2.57. The summed E-state index contributed by atoms with van der Waals surface area (Å²) < 4.78 is 11.3. The Kier molecular flexibility index (Phi) is 4.37. The minimum absolute atomic E-state index is 0.000399. The Hall–Kier alpha value is -1.55. The van der Waals surface area contributed by atoms with Crippen LogP contribution in [0.5, 0.6) is 0 Å². The fraction of sp³-hybridized carbons (Fsp3) is 0.650. The molecule has 2 aliphatic rings. The second-order valence-electron chi connectivity index (χ2n) is 7.87. The smallest absolute Gasteiger partial charge is 0.333 e. The Morgan fingerprint density at radius 2 is 2.17 bits per heavy atom. The summed E-state index contributed by atoms with van der Waals surface area (Å²) in [6, 6.07) is 0. The predicted molar refractivity (Wildman–Crippen MR) is 91.4 cm³/mol. The first-order valence-corrected chi connectivity index (χ1v) is 8.86. The number of carbonyl (C=O) groups is 1. The maximum atomic E-state index is 12.1. The van der Waals surface area contributed by atoms with Gasteiger partial charge in [-0.15, -0.1) is 0 Å². The zero-order valence-corrected chi connectivity index (χ0v) is 15.3. The number of rotatable bonds is 2. The summed E-state index contributed by atoms with van der Waals surface area (Å²) in [5, 5.41) is 10.9. The summed E-state index contributed by atoms with van der Waals surface area (Å²) >= 11 is 0. The van der Waals surface area contributed by atoms with Gasteiger partial charge in [0.1, 0.15) is 18.0 Å². The van der Waals surface area contributed by atoms with Gasteiger partial charge in [-0.05, 0) is 62.5 Å². The second kappa shape index (κ2) is 6.07. The van der Waals surface area contributed by atoms with Gasteiger partial charge in [0.25, 0.3) is 0 Å². The van der Waals surface area contributed by atoms with Crippen LogP contribution in [0, 0.1) is 24.2 Å². The van der Waals surface area contributed by atoms with E-state index in [0.29, 0.717) is 23.7 Å². The van der Waals surface area contributed by atoms with E-state index in [1.165, 1.54) is 0 Å². The van der Waals surface area contributed by atoms with Gasteiger partial charge in [-0.1, -0.05) is 19.9 Å². The maximum Gasteiger partial charge on any atom is 0.333 e. The number of ether oxygens (including phenoxy) is 1. The number of hydrogen-bond donors (Lipinski definition) is 1. The fourth-order valence-electron chi connectivity index (χ4n) is 4.46. The number of allylic oxidation sites excluding steroid dienone is 1. The Bertz CT molecular complexity index is 671. The number of carbonyl (C=O) groups excluding carboxylic acids is 1. The van der Waals surface area contributed by atoms with Crippen LogP contribution in [0.3, 0.4) is 0 Å². The van der Waals surface area contributed by atoms with Crippen molar-refractivity contribution in [3.8, 4) is 0 Å². The summed E-state index contributed by atoms with van der Waals surface area (Å²) in [6.07, 6.45) is 5.19. The summed E-state index contributed by atoms with van der Waals surface area (Å²) in [5.41, 5.74) is 2.91. The van der Waals surface area contributed by atoms with Crippen molar-refractivity contribution in [2.24, 2.45) is 17.3 Å². The molecular formula is C20H28O4. The molecule has 1 aromatic rings. The molecule has 132 valence electrons. The Morgan fingerprint density at radius 1 is 1.46 bits per heavy atom. The summed E-state index contributed by atoms with van der Waals surface area (Å²) in [6.45, 7) is 10.1. The first-order valence-electron chi connectivity index (χ1n) is 8.86. The number of esters is 1. The van der Waals surface area contributed by atoms with Gasteiger partial charge in [-0.3, -0.25) is 0 Å². The van der Waals surface area contributed by atoms with Gasteiger partial charge in [0.2, 0.25) is 0 Å². The Labute approximate surface area is 143 Å². The molecule has 3 rings (SSSR count). The topological polar surface area (TPSA) is 59.7 Å². The summed E-state index contributed by atoms with van der Waals surface area (Å²) in [7, 11) is 0. The molecule has 1 saturated carbocycles. The van der Waals surface area contributed by atoms with Crippen molar-refractivity contribution in [3.63, 3.8) is 0 Å². The maximum absolute atomic E-state index is 12.1. The van der Waals surface area contributed by atoms with Gasteiger partial charge in [0.15, 0.2) is 0 Å². The lowest BCUT2D eigenvalue weighted by molar-refractivity contribution is -0.156. The van der Waals surface area contributed by atoms with E-state index in [-0.39, 0.29) is 23.4 Å². The van der Waals surface area contributed by atoms with Crippen LogP contribution in [0.25, 0.3) is 0 Å². The van der Waals surface area contributed by atoms with E-state index >= 15 is 0 Å². The molecule has 5 atom stereocenters. The van der Waals surface area contributed by atoms with Crippen LogP contribution >= 0.6 is 0 Å². The van der Waals surface area contributed by atoms with E-state index in [2.05, 4.69) is 13.8 Å². The molecule has 1 aromatic heterocycles. The number of fused-ring (bicyclic) bond motifs is 2. The second-order valence-corrected chi connectivity index (χ2v) is 7.87. The molecule has 1 N–H and O–H groups in total. The molecule has 2 aliphatic carbocycles. The average molecular weight is 332 g/mol. The minimum atomic E-state index is -0.626. The van der Waals surface area contributed by atoms with E-state index < -0.39 is 6.10 Å². The Morgan fingerprint density at radius 3 is 2.83 bits per heavy atom. The lowest BCUT2D eigenvalue weighted by Gasteiger charge is -2.52. The highest BCUT2D eigenvalue weighted by molar-refractivity contribution is 5.87. The van der Waals surface area contributed by atoms with Crippen molar-refractivity contribution in [1.82, 2.24) is 0 Å². The molecule has 0 amide bonds. The van der Waals surface area contributed by atoms with E-state index in [1.54, 1.807) is 19.3 Å². The third-order valence-electron chi connectivity index (χ3n) is 6.48. The van der Waals surface area contributed by atoms with Crippen molar-refractivity contribution in [2.45, 2.75) is 66.1 Å². The van der Waals surface area contributed by atoms with Gasteiger partial charge in [-0.25, -0.2) is 4.79 Å². The zero-order chi connectivity index (χ0) is 17.6. The van der Waals surface area contributed by atoms with Crippen LogP contribution in [0.2, 0.25) is 0 Å². The van der Waals surface area contributed by atoms with Crippen molar-refractivity contribution in [2.75, 3.05) is 0 Å². The van der Waals surface area contributed by atoms with Gasteiger partial charge >= 0.3 is 5.97 Å². The van der Waals surface area contributed by atoms with Crippen molar-refractivity contribution >= 4 is 5.97 Å². The minimum Gasteiger partial charge on any atom is -0.466 e. The van der Waals surface area contributed by atoms with Crippen LogP contribution in [0.1, 0.15) is 63.5 Å². The van der Waals surface area contributed by atoms with Crippen LogP contribution in [0.15, 0.2) is 22.3 Å². The monoisotopic (exact) mass is 332 g/mol. The largest absolute Gasteiger partial charge is 0.466 e. The molecule has 0 radical (unpaired) electrons. The fourth-order valence-corrected chi connectivity index (χ4v) is 4.46. The van der Waals surface area contributed by atoms with E-state index in [9.17, 15) is 9.90 Å². The van der Waals surface area contributed by atoms with Crippen molar-refractivity contribution in [1.29, 1.82) is 0 Å². The Balaban J connectivity index is 1.85. The standard InChI is InChI=1S/C20H28O4/c1-6-11(2)19(22)24-14-7-13(4)20(5)9-15-12(3)10-23-18(15)17(21)16(20)8-14/h6,10,13-14,16-17,21H,7-9H2,1-5H3/b11-6-. The zero-order valence-electron chi connectivity index (χ0n) is 15.3. The predicted octanol–water partition coefficient (Wildman–Crippen LogP) is 4.11. The number of aliphatic hydroxyl groups is 1. The normalized spacial score (nSPS) is 36.0. The quantitative estimate of drug-likeness (QED) is 0.654. The molecule has 1 heterocycles. The average Bonchev–Trinajstić information content (AvgIpc) is 2.90. The molecule has 0 aliphatic heterocycles. The third kappa shape index (κ3) is 2.61. The molecule has 4 heteroatoms. The van der Waals surface area contributed by atoms with Crippen LogP contribution in [-0.4, -0.2) is 17.2 Å². The van der Waals surface area contributed by atoms with Crippen LogP contribution < -0.4 is 0 Å². The molecule has 0 aromatic carbocycles. The lowest BCUT2D eigenvalue weighted by atomic mass is 9.54. The lowest BCUT2D eigenvalue weighted by Crippen LogP contribution is -2.49. The van der Waals surface area contributed by atoms with Gasteiger partial charge in [-0.2, -0.15) is 0 Å². The van der Waals surface area contributed by atoms with Crippen LogP contribution in [0.4, 0.5) is 0 Å². The van der Waals surface area contributed by atoms with Crippen molar-refractivity contribution < 1.29 is 19.1 Å². The first kappa shape index (κ1) is 17.3. The van der Waals surface area contributed by atoms with E-state index in [0.717, 1.165) is 24.0 Å². The summed E-state index contributed by atoms with van der Waals surface area (Å²) in [5.74, 6) is 0.858. The molecular weight excluding hydrogens is 304 g/mol. The van der Waals surface area contributed by atoms with Gasteiger partial charge in [0.05, 0.1) is 6.26 Å². The van der Waals surface area contributed by atoms with E-state index in [4.69, 9.17) is 9.15 Å². The van der Waals surface area contributed by atoms with Crippen molar-refractivity contribution in [3.05, 3.63) is 34.8 Å². The van der Waals surface area contributed by atoms with Gasteiger partial charge < -0.3 is 14.3 Å². The molecule has 0 bridgehead atoms. The molecule has 0 spiro atoms. The SMILES string of the molecule is C/C=C(/C)C(=O)OC1CC(C)C2(C)Cc3c(C)coc3C(O)C2C1.